The topological polar surface area (TPSA) is 88.4 Å². The number of benzene rings is 3. The molecule has 0 aliphatic carbocycles. The number of carbonyl (C=O) groups is 1. The molecular formula is C22H18N2O4S. The second-order valence-electron chi connectivity index (χ2n) is 6.44. The van der Waals surface area contributed by atoms with Crippen LogP contribution in [-0.2, 0) is 16.6 Å². The molecule has 1 aromatic heterocycles. The predicted molar refractivity (Wildman–Crippen MR) is 111 cm³/mol. The van der Waals surface area contributed by atoms with Gasteiger partial charge in [0.15, 0.2) is 0 Å². The number of furan rings is 1. The highest BCUT2D eigenvalue weighted by atomic mass is 32.2. The van der Waals surface area contributed by atoms with Crippen LogP contribution in [0.2, 0.25) is 0 Å². The maximum atomic E-state index is 12.5. The fourth-order valence-corrected chi connectivity index (χ4v) is 3.91. The molecule has 1 heterocycles. The lowest BCUT2D eigenvalue weighted by atomic mass is 10.1. The summed E-state index contributed by atoms with van der Waals surface area (Å²) in [5, 5.41) is 4.82. The summed E-state index contributed by atoms with van der Waals surface area (Å²) >= 11 is 0. The Morgan fingerprint density at radius 1 is 0.862 bits per heavy atom. The summed E-state index contributed by atoms with van der Waals surface area (Å²) in [5.74, 6) is 0.259. The Kier molecular flexibility index (Phi) is 5.16. The SMILES string of the molecule is O=C(Nc1ccc(S(=O)(=O)NCc2ccco2)cc1)c1ccc2ccccc2c1. The molecule has 0 aliphatic heterocycles. The van der Waals surface area contributed by atoms with Crippen molar-refractivity contribution in [1.82, 2.24) is 4.72 Å². The molecule has 0 saturated heterocycles. The summed E-state index contributed by atoms with van der Waals surface area (Å²) in [5.41, 5.74) is 1.04. The van der Waals surface area contributed by atoms with Crippen LogP contribution >= 0.6 is 0 Å². The summed E-state index contributed by atoms with van der Waals surface area (Å²) in [6.07, 6.45) is 1.48. The van der Waals surface area contributed by atoms with E-state index in [2.05, 4.69) is 10.0 Å². The molecule has 0 aliphatic rings. The van der Waals surface area contributed by atoms with E-state index in [-0.39, 0.29) is 17.3 Å². The quantitative estimate of drug-likeness (QED) is 0.503. The number of hydrogen-bond donors (Lipinski definition) is 2. The number of carbonyl (C=O) groups excluding carboxylic acids is 1. The Hall–Kier alpha value is -3.42. The van der Waals surface area contributed by atoms with Crippen molar-refractivity contribution in [3.05, 3.63) is 96.4 Å². The average Bonchev–Trinajstić information content (AvgIpc) is 3.26. The lowest BCUT2D eigenvalue weighted by Gasteiger charge is -2.09. The van der Waals surface area contributed by atoms with Gasteiger partial charge in [-0.05, 0) is 59.3 Å². The highest BCUT2D eigenvalue weighted by Gasteiger charge is 2.15. The average molecular weight is 406 g/mol. The van der Waals surface area contributed by atoms with Gasteiger partial charge < -0.3 is 9.73 Å². The number of amides is 1. The van der Waals surface area contributed by atoms with Crippen LogP contribution < -0.4 is 10.0 Å². The molecule has 0 spiro atoms. The first-order chi connectivity index (χ1) is 14.0. The summed E-state index contributed by atoms with van der Waals surface area (Å²) in [7, 11) is -3.68. The zero-order chi connectivity index (χ0) is 20.3. The van der Waals surface area contributed by atoms with Gasteiger partial charge in [0.25, 0.3) is 5.91 Å². The Morgan fingerprint density at radius 2 is 1.62 bits per heavy atom. The maximum Gasteiger partial charge on any atom is 0.255 e. The molecule has 0 unspecified atom stereocenters. The van der Waals surface area contributed by atoms with Crippen LogP contribution in [0.4, 0.5) is 5.69 Å². The number of anilines is 1. The van der Waals surface area contributed by atoms with Gasteiger partial charge in [0.1, 0.15) is 5.76 Å². The van der Waals surface area contributed by atoms with Crippen molar-refractivity contribution in [3.63, 3.8) is 0 Å². The third-order valence-electron chi connectivity index (χ3n) is 4.45. The minimum absolute atomic E-state index is 0.0653. The van der Waals surface area contributed by atoms with E-state index >= 15 is 0 Å². The first-order valence-corrected chi connectivity index (χ1v) is 10.4. The molecule has 4 aromatic rings. The van der Waals surface area contributed by atoms with Gasteiger partial charge >= 0.3 is 0 Å². The van der Waals surface area contributed by atoms with Crippen molar-refractivity contribution in [1.29, 1.82) is 0 Å². The van der Waals surface area contributed by atoms with E-state index in [1.54, 1.807) is 30.3 Å². The maximum absolute atomic E-state index is 12.5. The third kappa shape index (κ3) is 4.37. The van der Waals surface area contributed by atoms with Crippen LogP contribution in [0.5, 0.6) is 0 Å². The van der Waals surface area contributed by atoms with E-state index in [1.165, 1.54) is 18.4 Å². The lowest BCUT2D eigenvalue weighted by Crippen LogP contribution is -2.23. The molecule has 0 saturated carbocycles. The van der Waals surface area contributed by atoms with Gasteiger partial charge in [0.2, 0.25) is 10.0 Å². The van der Waals surface area contributed by atoms with Gasteiger partial charge in [-0.25, -0.2) is 13.1 Å². The van der Waals surface area contributed by atoms with Gasteiger partial charge in [0, 0.05) is 11.3 Å². The molecule has 1 amide bonds. The van der Waals surface area contributed by atoms with E-state index in [4.69, 9.17) is 4.42 Å². The molecule has 3 aromatic carbocycles. The molecule has 0 radical (unpaired) electrons. The zero-order valence-electron chi connectivity index (χ0n) is 15.3. The second kappa shape index (κ2) is 7.90. The van der Waals surface area contributed by atoms with Gasteiger partial charge in [-0.3, -0.25) is 4.79 Å². The van der Waals surface area contributed by atoms with E-state index in [9.17, 15) is 13.2 Å². The van der Waals surface area contributed by atoms with E-state index in [1.807, 2.05) is 36.4 Å². The van der Waals surface area contributed by atoms with Crippen LogP contribution in [0.25, 0.3) is 10.8 Å². The van der Waals surface area contributed by atoms with Crippen LogP contribution in [0.15, 0.2) is 94.4 Å². The van der Waals surface area contributed by atoms with Crippen molar-refractivity contribution < 1.29 is 17.6 Å². The van der Waals surface area contributed by atoms with Gasteiger partial charge in [0.05, 0.1) is 17.7 Å². The normalized spacial score (nSPS) is 11.4. The lowest BCUT2D eigenvalue weighted by molar-refractivity contribution is 0.102. The largest absolute Gasteiger partial charge is 0.468 e. The van der Waals surface area contributed by atoms with Crippen molar-refractivity contribution in [2.24, 2.45) is 0 Å². The summed E-state index contributed by atoms with van der Waals surface area (Å²) < 4.78 is 32.3. The van der Waals surface area contributed by atoms with Crippen LogP contribution in [0, 0.1) is 0 Å². The molecule has 7 heteroatoms. The molecule has 146 valence electrons. The second-order valence-corrected chi connectivity index (χ2v) is 8.21. The molecule has 6 nitrogen and oxygen atoms in total. The van der Waals surface area contributed by atoms with E-state index in [0.29, 0.717) is 17.0 Å². The van der Waals surface area contributed by atoms with Crippen molar-refractivity contribution in [2.45, 2.75) is 11.4 Å². The Balaban J connectivity index is 1.45. The van der Waals surface area contributed by atoms with Gasteiger partial charge in [-0.2, -0.15) is 0 Å². The van der Waals surface area contributed by atoms with Crippen molar-refractivity contribution >= 4 is 32.4 Å². The fraction of sp³-hybridized carbons (Fsp3) is 0.0455. The minimum Gasteiger partial charge on any atom is -0.468 e. The molecule has 29 heavy (non-hydrogen) atoms. The molecule has 0 bridgehead atoms. The number of hydrogen-bond acceptors (Lipinski definition) is 4. The van der Waals surface area contributed by atoms with Crippen LogP contribution in [0.1, 0.15) is 16.1 Å². The Morgan fingerprint density at radius 3 is 2.34 bits per heavy atom. The number of fused-ring (bicyclic) bond motifs is 1. The minimum atomic E-state index is -3.68. The van der Waals surface area contributed by atoms with Gasteiger partial charge in [-0.15, -0.1) is 0 Å². The van der Waals surface area contributed by atoms with Crippen molar-refractivity contribution in [2.75, 3.05) is 5.32 Å². The third-order valence-corrected chi connectivity index (χ3v) is 5.87. The van der Waals surface area contributed by atoms with Crippen LogP contribution in [0.3, 0.4) is 0 Å². The molecule has 0 fully saturated rings. The highest BCUT2D eigenvalue weighted by molar-refractivity contribution is 7.89. The number of sulfonamides is 1. The highest BCUT2D eigenvalue weighted by Crippen LogP contribution is 2.18. The molecule has 0 atom stereocenters. The summed E-state index contributed by atoms with van der Waals surface area (Å²) in [6.45, 7) is 0.0653. The Bertz CT molecular complexity index is 1250. The van der Waals surface area contributed by atoms with Crippen LogP contribution in [-0.4, -0.2) is 14.3 Å². The first-order valence-electron chi connectivity index (χ1n) is 8.93. The monoisotopic (exact) mass is 406 g/mol. The summed E-state index contributed by atoms with van der Waals surface area (Å²) in [4.78, 5) is 12.6. The van der Waals surface area contributed by atoms with E-state index < -0.39 is 10.0 Å². The first kappa shape index (κ1) is 18.9. The fourth-order valence-electron chi connectivity index (χ4n) is 2.91. The smallest absolute Gasteiger partial charge is 0.255 e. The molecular weight excluding hydrogens is 388 g/mol. The standard InChI is InChI=1S/C22H18N2O4S/c25-22(18-8-7-16-4-1-2-5-17(16)14-18)24-19-9-11-21(12-10-19)29(26,27)23-15-20-6-3-13-28-20/h1-14,23H,15H2,(H,24,25). The number of nitrogens with one attached hydrogen (secondary N) is 2. The van der Waals surface area contributed by atoms with E-state index in [0.717, 1.165) is 10.8 Å². The van der Waals surface area contributed by atoms with Crippen molar-refractivity contribution in [3.8, 4) is 0 Å². The Labute approximate surface area is 168 Å². The summed E-state index contributed by atoms with van der Waals surface area (Å²) in [6, 6.07) is 22.6. The number of rotatable bonds is 6. The predicted octanol–water partition coefficient (Wildman–Crippen LogP) is 4.16. The van der Waals surface area contributed by atoms with Gasteiger partial charge in [-0.1, -0.05) is 30.3 Å². The molecule has 4 rings (SSSR count). The zero-order valence-corrected chi connectivity index (χ0v) is 16.1. The molecule has 2 N–H and O–H groups in total.